The lowest BCUT2D eigenvalue weighted by molar-refractivity contribution is 0.197. The largest absolute Gasteiger partial charge is 0.493 e. The molecule has 0 bridgehead atoms. The maximum absolute atomic E-state index is 14.8. The molecule has 8 heteroatoms. The van der Waals surface area contributed by atoms with E-state index in [-0.39, 0.29) is 22.3 Å². The molecule has 2 aromatic carbocycles. The van der Waals surface area contributed by atoms with E-state index in [1.54, 1.807) is 44.7 Å². The number of urea groups is 1. The highest BCUT2D eigenvalue weighted by atomic mass is 19.1. The van der Waals surface area contributed by atoms with E-state index in [0.717, 1.165) is 12.8 Å². The van der Waals surface area contributed by atoms with Gasteiger partial charge in [0.15, 0.2) is 11.5 Å². The SMILES string of the molecule is COc1cc2nccc(Oc3ccc(NC(=O)NCCC(C)(C)CC(C)(C)C)c(F)c3)c2cc1OC. The highest BCUT2D eigenvalue weighted by Crippen LogP contribution is 2.37. The van der Waals surface area contributed by atoms with Gasteiger partial charge in [0, 0.05) is 30.3 Å². The van der Waals surface area contributed by atoms with Crippen LogP contribution < -0.4 is 24.8 Å². The van der Waals surface area contributed by atoms with Crippen molar-refractivity contribution < 1.29 is 23.4 Å². The first kappa shape index (κ1) is 27.0. The zero-order chi connectivity index (χ0) is 26.5. The van der Waals surface area contributed by atoms with Gasteiger partial charge in [0.2, 0.25) is 0 Å². The molecular formula is C28H36FN3O4. The highest BCUT2D eigenvalue weighted by molar-refractivity contribution is 5.90. The number of benzene rings is 2. The summed E-state index contributed by atoms with van der Waals surface area (Å²) in [5, 5.41) is 6.08. The number of hydrogen-bond acceptors (Lipinski definition) is 5. The summed E-state index contributed by atoms with van der Waals surface area (Å²) < 4.78 is 31.4. The van der Waals surface area contributed by atoms with E-state index in [9.17, 15) is 9.18 Å². The summed E-state index contributed by atoms with van der Waals surface area (Å²) in [6.07, 6.45) is 3.46. The normalized spacial score (nSPS) is 11.8. The summed E-state index contributed by atoms with van der Waals surface area (Å²) in [5.74, 6) is 1.24. The predicted molar refractivity (Wildman–Crippen MR) is 141 cm³/mol. The molecule has 1 aromatic heterocycles. The van der Waals surface area contributed by atoms with Crippen LogP contribution in [0.2, 0.25) is 0 Å². The molecule has 0 saturated heterocycles. The molecule has 0 unspecified atom stereocenters. The van der Waals surface area contributed by atoms with Gasteiger partial charge in [-0.05, 0) is 47.9 Å². The van der Waals surface area contributed by atoms with Crippen molar-refractivity contribution in [1.29, 1.82) is 0 Å². The van der Waals surface area contributed by atoms with Crippen molar-refractivity contribution in [2.45, 2.75) is 47.5 Å². The molecule has 7 nitrogen and oxygen atoms in total. The van der Waals surface area contributed by atoms with Crippen LogP contribution in [0.25, 0.3) is 10.9 Å². The van der Waals surface area contributed by atoms with Crippen LogP contribution >= 0.6 is 0 Å². The highest BCUT2D eigenvalue weighted by Gasteiger charge is 2.25. The topological polar surface area (TPSA) is 81.7 Å². The van der Waals surface area contributed by atoms with Gasteiger partial charge in [-0.25, -0.2) is 9.18 Å². The molecule has 0 aliphatic rings. The number of nitrogens with one attached hydrogen (secondary N) is 2. The Morgan fingerprint density at radius 1 is 0.972 bits per heavy atom. The smallest absolute Gasteiger partial charge is 0.319 e. The molecule has 3 aromatic rings. The number of ether oxygens (including phenoxy) is 3. The third-order valence-corrected chi connectivity index (χ3v) is 5.72. The van der Waals surface area contributed by atoms with Crippen molar-refractivity contribution in [2.24, 2.45) is 10.8 Å². The quantitative estimate of drug-likeness (QED) is 0.328. The van der Waals surface area contributed by atoms with Crippen LogP contribution in [0.5, 0.6) is 23.0 Å². The summed E-state index contributed by atoms with van der Waals surface area (Å²) in [4.78, 5) is 16.7. The third-order valence-electron chi connectivity index (χ3n) is 5.72. The average Bonchev–Trinajstić information content (AvgIpc) is 2.78. The number of anilines is 1. The molecular weight excluding hydrogens is 461 g/mol. The van der Waals surface area contributed by atoms with Crippen LogP contribution in [-0.4, -0.2) is 31.8 Å². The molecule has 0 spiro atoms. The third kappa shape index (κ3) is 7.23. The van der Waals surface area contributed by atoms with Crippen molar-refractivity contribution >= 4 is 22.6 Å². The molecule has 3 rings (SSSR count). The maximum atomic E-state index is 14.8. The molecule has 2 N–H and O–H groups in total. The van der Waals surface area contributed by atoms with Crippen LogP contribution in [0.1, 0.15) is 47.5 Å². The number of pyridine rings is 1. The molecule has 0 fully saturated rings. The van der Waals surface area contributed by atoms with Crippen LogP contribution in [0, 0.1) is 16.6 Å². The number of halogens is 1. The maximum Gasteiger partial charge on any atom is 0.319 e. The first-order chi connectivity index (χ1) is 16.9. The molecule has 0 aliphatic carbocycles. The van der Waals surface area contributed by atoms with Crippen LogP contribution in [0.15, 0.2) is 42.6 Å². The van der Waals surface area contributed by atoms with E-state index in [1.807, 2.05) is 0 Å². The molecule has 194 valence electrons. The van der Waals surface area contributed by atoms with Gasteiger partial charge >= 0.3 is 6.03 Å². The fourth-order valence-corrected chi connectivity index (χ4v) is 4.53. The molecule has 36 heavy (non-hydrogen) atoms. The summed E-state index contributed by atoms with van der Waals surface area (Å²) in [6, 6.07) is 9.05. The van der Waals surface area contributed by atoms with Gasteiger partial charge in [-0.1, -0.05) is 34.6 Å². The Morgan fingerprint density at radius 2 is 1.67 bits per heavy atom. The monoisotopic (exact) mass is 497 g/mol. The van der Waals surface area contributed by atoms with Crippen molar-refractivity contribution in [3.8, 4) is 23.0 Å². The number of rotatable bonds is 9. The average molecular weight is 498 g/mol. The number of nitrogens with zero attached hydrogens (tertiary/aromatic N) is 1. The summed E-state index contributed by atoms with van der Waals surface area (Å²) in [7, 11) is 3.10. The minimum absolute atomic E-state index is 0.0693. The lowest BCUT2D eigenvalue weighted by Crippen LogP contribution is -2.33. The van der Waals surface area contributed by atoms with Crippen LogP contribution in [0.3, 0.4) is 0 Å². The van der Waals surface area contributed by atoms with Gasteiger partial charge in [0.1, 0.15) is 17.3 Å². The number of amides is 2. The Morgan fingerprint density at radius 3 is 2.31 bits per heavy atom. The predicted octanol–water partition coefficient (Wildman–Crippen LogP) is 7.16. The lowest BCUT2D eigenvalue weighted by atomic mass is 9.74. The first-order valence-electron chi connectivity index (χ1n) is 11.9. The number of hydrogen-bond donors (Lipinski definition) is 2. The van der Waals surface area contributed by atoms with E-state index in [4.69, 9.17) is 14.2 Å². The molecule has 0 aliphatic heterocycles. The first-order valence-corrected chi connectivity index (χ1v) is 11.9. The molecule has 2 amide bonds. The molecule has 0 radical (unpaired) electrons. The summed E-state index contributed by atoms with van der Waals surface area (Å²) in [6.45, 7) is 11.5. The van der Waals surface area contributed by atoms with E-state index >= 15 is 0 Å². The van der Waals surface area contributed by atoms with E-state index < -0.39 is 11.8 Å². The number of aromatic nitrogens is 1. The fraction of sp³-hybridized carbons (Fsp3) is 0.429. The number of carbonyl (C=O) groups excluding carboxylic acids is 1. The van der Waals surface area contributed by atoms with Gasteiger partial charge in [0.25, 0.3) is 0 Å². The Hall–Kier alpha value is -3.55. The van der Waals surface area contributed by atoms with E-state index in [1.165, 1.54) is 12.1 Å². The van der Waals surface area contributed by atoms with Gasteiger partial charge in [-0.15, -0.1) is 0 Å². The lowest BCUT2D eigenvalue weighted by Gasteiger charge is -2.32. The Kier molecular flexibility index (Phi) is 8.28. The molecule has 1 heterocycles. The van der Waals surface area contributed by atoms with Crippen LogP contribution in [-0.2, 0) is 0 Å². The second-order valence-electron chi connectivity index (χ2n) is 10.8. The second-order valence-corrected chi connectivity index (χ2v) is 10.8. The summed E-state index contributed by atoms with van der Waals surface area (Å²) >= 11 is 0. The van der Waals surface area contributed by atoms with E-state index in [2.05, 4.69) is 50.2 Å². The number of fused-ring (bicyclic) bond motifs is 1. The second kappa shape index (κ2) is 11.0. The zero-order valence-corrected chi connectivity index (χ0v) is 22.1. The molecule has 0 atom stereocenters. The summed E-state index contributed by atoms with van der Waals surface area (Å²) in [5.41, 5.74) is 1.01. The van der Waals surface area contributed by atoms with E-state index in [0.29, 0.717) is 34.7 Å². The standard InChI is InChI=1S/C28H36FN3O4/c1-27(2,3)17-28(4,5)11-13-31-26(33)32-21-9-8-18(14-20(21)29)36-23-10-12-30-22-16-25(35-7)24(34-6)15-19(22)23/h8-10,12,14-16H,11,13,17H2,1-7H3,(H2,31,32,33). The zero-order valence-electron chi connectivity index (χ0n) is 22.1. The van der Waals surface area contributed by atoms with Crippen molar-refractivity contribution in [3.63, 3.8) is 0 Å². The van der Waals surface area contributed by atoms with Gasteiger partial charge in [-0.3, -0.25) is 4.98 Å². The Labute approximate surface area is 212 Å². The van der Waals surface area contributed by atoms with Gasteiger partial charge < -0.3 is 24.8 Å². The van der Waals surface area contributed by atoms with Gasteiger partial charge in [-0.2, -0.15) is 0 Å². The minimum Gasteiger partial charge on any atom is -0.493 e. The van der Waals surface area contributed by atoms with Gasteiger partial charge in [0.05, 0.1) is 25.4 Å². The molecule has 0 saturated carbocycles. The van der Waals surface area contributed by atoms with Crippen LogP contribution in [0.4, 0.5) is 14.9 Å². The minimum atomic E-state index is -0.603. The Bertz CT molecular complexity index is 1220. The van der Waals surface area contributed by atoms with Crippen molar-refractivity contribution in [3.05, 3.63) is 48.4 Å². The van der Waals surface area contributed by atoms with Crippen molar-refractivity contribution in [1.82, 2.24) is 10.3 Å². The van der Waals surface area contributed by atoms with Crippen molar-refractivity contribution in [2.75, 3.05) is 26.1 Å². The Balaban J connectivity index is 1.65. The number of methoxy groups -OCH3 is 2. The number of carbonyl (C=O) groups is 1. The fourth-order valence-electron chi connectivity index (χ4n) is 4.53.